The molecule has 11 heteroatoms. The topological polar surface area (TPSA) is 137 Å². The van der Waals surface area contributed by atoms with Crippen LogP contribution in [0.1, 0.15) is 23.1 Å². The minimum Gasteiger partial charge on any atom is -0.457 e. The Labute approximate surface area is 216 Å². The molecule has 190 valence electrons. The molecule has 0 unspecified atom stereocenters. The van der Waals surface area contributed by atoms with E-state index in [2.05, 4.69) is 25.7 Å². The Balaban J connectivity index is 1.32. The number of rotatable bonds is 7. The molecule has 5 aromatic rings. The number of urea groups is 1. The molecule has 0 aliphatic carbocycles. The molecule has 4 N–H and O–H groups in total. The Kier molecular flexibility index (Phi) is 6.64. The fourth-order valence-electron chi connectivity index (χ4n) is 3.76. The van der Waals surface area contributed by atoms with Gasteiger partial charge < -0.3 is 15.8 Å². The largest absolute Gasteiger partial charge is 0.457 e. The molecule has 3 aromatic heterocycles. The molecule has 3 amide bonds. The van der Waals surface area contributed by atoms with Crippen molar-refractivity contribution >= 4 is 34.3 Å². The second-order valence-electron chi connectivity index (χ2n) is 8.23. The molecule has 10 nitrogen and oxygen atoms in total. The highest BCUT2D eigenvalue weighted by Crippen LogP contribution is 2.26. The van der Waals surface area contributed by atoms with Gasteiger partial charge in [-0.3, -0.25) is 20.1 Å². The van der Waals surface area contributed by atoms with Crippen molar-refractivity contribution < 1.29 is 18.7 Å². The van der Waals surface area contributed by atoms with Gasteiger partial charge >= 0.3 is 6.03 Å². The highest BCUT2D eigenvalue weighted by atomic mass is 19.1. The zero-order valence-corrected chi connectivity index (χ0v) is 20.2. The first-order valence-electron chi connectivity index (χ1n) is 11.6. The van der Waals surface area contributed by atoms with Crippen LogP contribution in [-0.2, 0) is 6.42 Å². The number of benzene rings is 2. The summed E-state index contributed by atoms with van der Waals surface area (Å²) in [7, 11) is 0. The minimum absolute atomic E-state index is 0.0174. The average molecular weight is 512 g/mol. The number of carbonyl (C=O) groups is 2. The standard InChI is InChI=1S/C27H22FN7O3/c1-2-17-13-25(35(34-17)18-5-7-22-16(12-18)4-3-10-30-22)33-27(37)32-23-8-6-19(14-21(23)28)38-20-9-11-31-24(15-20)26(29)36/h3-15H,2H2,1H3,(H2,29,36)(H2,32,33,37). The monoisotopic (exact) mass is 511 g/mol. The number of ether oxygens (including phenoxy) is 1. The van der Waals surface area contributed by atoms with Gasteiger partial charge in [0, 0.05) is 36.0 Å². The van der Waals surface area contributed by atoms with Crippen molar-refractivity contribution in [1.82, 2.24) is 19.7 Å². The summed E-state index contributed by atoms with van der Waals surface area (Å²) in [6.45, 7) is 1.96. The lowest BCUT2D eigenvalue weighted by Crippen LogP contribution is -2.22. The third kappa shape index (κ3) is 5.26. The van der Waals surface area contributed by atoms with E-state index in [0.717, 1.165) is 28.4 Å². The molecular weight excluding hydrogens is 489 g/mol. The Morgan fingerprint density at radius 3 is 2.61 bits per heavy atom. The lowest BCUT2D eigenvalue weighted by Gasteiger charge is -2.12. The van der Waals surface area contributed by atoms with E-state index >= 15 is 0 Å². The highest BCUT2D eigenvalue weighted by Gasteiger charge is 2.15. The van der Waals surface area contributed by atoms with Crippen LogP contribution in [0.2, 0.25) is 0 Å². The fraction of sp³-hybridized carbons (Fsp3) is 0.0741. The zero-order chi connectivity index (χ0) is 26.6. The summed E-state index contributed by atoms with van der Waals surface area (Å²) >= 11 is 0. The maximum absolute atomic E-state index is 14.8. The van der Waals surface area contributed by atoms with Crippen molar-refractivity contribution in [2.24, 2.45) is 5.73 Å². The van der Waals surface area contributed by atoms with Gasteiger partial charge in [-0.05, 0) is 48.9 Å². The molecule has 2 aromatic carbocycles. The van der Waals surface area contributed by atoms with Gasteiger partial charge in [0.15, 0.2) is 0 Å². The lowest BCUT2D eigenvalue weighted by atomic mass is 10.2. The van der Waals surface area contributed by atoms with Gasteiger partial charge in [0.05, 0.1) is 22.6 Å². The molecule has 5 rings (SSSR count). The number of carbonyl (C=O) groups excluding carboxylic acids is 2. The predicted octanol–water partition coefficient (Wildman–Crippen LogP) is 5.05. The van der Waals surface area contributed by atoms with Crippen LogP contribution in [0.25, 0.3) is 16.6 Å². The molecular formula is C27H22FN7O3. The Morgan fingerprint density at radius 2 is 1.82 bits per heavy atom. The van der Waals surface area contributed by atoms with E-state index in [0.29, 0.717) is 12.2 Å². The van der Waals surface area contributed by atoms with Gasteiger partial charge in [0.1, 0.15) is 28.8 Å². The smallest absolute Gasteiger partial charge is 0.324 e. The van der Waals surface area contributed by atoms with E-state index in [1.807, 2.05) is 37.3 Å². The Morgan fingerprint density at radius 1 is 0.974 bits per heavy atom. The van der Waals surface area contributed by atoms with Gasteiger partial charge in [-0.15, -0.1) is 0 Å². The van der Waals surface area contributed by atoms with Crippen LogP contribution >= 0.6 is 0 Å². The molecule has 0 aliphatic heterocycles. The van der Waals surface area contributed by atoms with Crippen molar-refractivity contribution in [2.75, 3.05) is 10.6 Å². The van der Waals surface area contributed by atoms with E-state index in [-0.39, 0.29) is 22.9 Å². The number of amides is 3. The number of hydrogen-bond acceptors (Lipinski definition) is 6. The normalized spacial score (nSPS) is 10.8. The summed E-state index contributed by atoms with van der Waals surface area (Å²) < 4.78 is 22.0. The van der Waals surface area contributed by atoms with Crippen LogP contribution in [0.3, 0.4) is 0 Å². The van der Waals surface area contributed by atoms with Gasteiger partial charge in [-0.1, -0.05) is 13.0 Å². The SMILES string of the molecule is CCc1cc(NC(=O)Nc2ccc(Oc3ccnc(C(N)=O)c3)cc2F)n(-c2ccc3ncccc3c2)n1. The quantitative estimate of drug-likeness (QED) is 0.280. The van der Waals surface area contributed by atoms with Crippen LogP contribution in [0, 0.1) is 5.82 Å². The van der Waals surface area contributed by atoms with Crippen LogP contribution in [0.5, 0.6) is 11.5 Å². The zero-order valence-electron chi connectivity index (χ0n) is 20.2. The second-order valence-corrected chi connectivity index (χ2v) is 8.23. The number of nitrogens with one attached hydrogen (secondary N) is 2. The summed E-state index contributed by atoms with van der Waals surface area (Å²) in [6.07, 6.45) is 3.74. The molecule has 0 atom stereocenters. The van der Waals surface area contributed by atoms with Crippen LogP contribution in [-0.4, -0.2) is 31.7 Å². The summed E-state index contributed by atoms with van der Waals surface area (Å²) in [5.74, 6) is -0.586. The second kappa shape index (κ2) is 10.3. The number of anilines is 2. The van der Waals surface area contributed by atoms with Crippen molar-refractivity contribution in [3.8, 4) is 17.2 Å². The first-order chi connectivity index (χ1) is 18.4. The van der Waals surface area contributed by atoms with Crippen molar-refractivity contribution in [3.63, 3.8) is 0 Å². The third-order valence-electron chi connectivity index (χ3n) is 5.60. The Hall–Kier alpha value is -5.32. The molecule has 0 bridgehead atoms. The maximum atomic E-state index is 14.8. The van der Waals surface area contributed by atoms with Crippen molar-refractivity contribution in [3.05, 3.63) is 96.3 Å². The van der Waals surface area contributed by atoms with Crippen molar-refractivity contribution in [2.45, 2.75) is 13.3 Å². The number of primary amides is 1. The third-order valence-corrected chi connectivity index (χ3v) is 5.60. The van der Waals surface area contributed by atoms with Gasteiger partial charge in [-0.25, -0.2) is 13.9 Å². The fourth-order valence-corrected chi connectivity index (χ4v) is 3.76. The molecule has 38 heavy (non-hydrogen) atoms. The molecule has 0 saturated heterocycles. The molecule has 0 spiro atoms. The minimum atomic E-state index is -0.716. The number of pyridine rings is 2. The number of hydrogen-bond donors (Lipinski definition) is 3. The van der Waals surface area contributed by atoms with E-state index in [1.165, 1.54) is 30.5 Å². The number of nitrogens with zero attached hydrogens (tertiary/aromatic N) is 4. The molecule has 3 heterocycles. The molecule has 0 aliphatic rings. The van der Waals surface area contributed by atoms with Gasteiger partial charge in [0.25, 0.3) is 5.91 Å². The van der Waals surface area contributed by atoms with Crippen molar-refractivity contribution in [1.29, 1.82) is 0 Å². The lowest BCUT2D eigenvalue weighted by molar-refractivity contribution is 0.0995. The van der Waals surface area contributed by atoms with E-state index in [9.17, 15) is 14.0 Å². The van der Waals surface area contributed by atoms with E-state index < -0.39 is 17.8 Å². The average Bonchev–Trinajstić information content (AvgIpc) is 3.32. The van der Waals surface area contributed by atoms with Crippen LogP contribution in [0.4, 0.5) is 20.7 Å². The van der Waals surface area contributed by atoms with E-state index in [4.69, 9.17) is 10.5 Å². The molecule has 0 saturated carbocycles. The van der Waals surface area contributed by atoms with Crippen LogP contribution in [0.15, 0.2) is 79.1 Å². The summed E-state index contributed by atoms with van der Waals surface area (Å²) in [5, 5.41) is 10.8. The summed E-state index contributed by atoms with van der Waals surface area (Å²) in [4.78, 5) is 32.2. The van der Waals surface area contributed by atoms with Crippen LogP contribution < -0.4 is 21.1 Å². The molecule has 0 radical (unpaired) electrons. The number of halogens is 1. The summed E-state index contributed by atoms with van der Waals surface area (Å²) in [6, 6.07) is 17.4. The first kappa shape index (κ1) is 24.4. The number of fused-ring (bicyclic) bond motifs is 1. The summed E-state index contributed by atoms with van der Waals surface area (Å²) in [5.41, 5.74) is 7.54. The Bertz CT molecular complexity index is 1670. The first-order valence-corrected chi connectivity index (χ1v) is 11.6. The number of nitrogens with two attached hydrogens (primary N) is 1. The predicted molar refractivity (Wildman–Crippen MR) is 140 cm³/mol. The van der Waals surface area contributed by atoms with E-state index in [1.54, 1.807) is 16.9 Å². The maximum Gasteiger partial charge on any atom is 0.324 e. The van der Waals surface area contributed by atoms with Gasteiger partial charge in [-0.2, -0.15) is 5.10 Å². The van der Waals surface area contributed by atoms with Gasteiger partial charge in [0.2, 0.25) is 0 Å². The number of aryl methyl sites for hydroxylation is 1. The highest BCUT2D eigenvalue weighted by molar-refractivity contribution is 5.99. The number of aromatic nitrogens is 4. The molecule has 0 fully saturated rings.